The van der Waals surface area contributed by atoms with E-state index < -0.39 is 17.9 Å². The van der Waals surface area contributed by atoms with Crippen LogP contribution >= 0.6 is 11.6 Å². The van der Waals surface area contributed by atoms with Crippen molar-refractivity contribution in [1.29, 1.82) is 0 Å². The second-order valence-electron chi connectivity index (χ2n) is 7.20. The Balaban J connectivity index is 1.52. The molecule has 1 atom stereocenters. The zero-order valence-corrected chi connectivity index (χ0v) is 18.3. The molecule has 0 saturated heterocycles. The lowest BCUT2D eigenvalue weighted by Gasteiger charge is -2.09. The third kappa shape index (κ3) is 7.34. The number of hydrogen-bond donors (Lipinski definition) is 4. The van der Waals surface area contributed by atoms with Gasteiger partial charge in [0.1, 0.15) is 17.5 Å². The summed E-state index contributed by atoms with van der Waals surface area (Å²) in [4.78, 5) is 27.0. The number of aliphatic carboxylic acids is 1. The van der Waals surface area contributed by atoms with E-state index in [1.165, 1.54) is 0 Å². The largest absolute Gasteiger partial charge is 0.480 e. The molecule has 0 aliphatic heterocycles. The van der Waals surface area contributed by atoms with Gasteiger partial charge >= 0.3 is 5.97 Å². The highest BCUT2D eigenvalue weighted by Gasteiger charge is 2.12. The van der Waals surface area contributed by atoms with Crippen molar-refractivity contribution in [2.75, 3.05) is 0 Å². The molecule has 6 N–H and O–H groups in total. The Hall–Kier alpha value is -3.88. The molecule has 3 aromatic rings. The van der Waals surface area contributed by atoms with E-state index in [-0.39, 0.29) is 12.4 Å². The van der Waals surface area contributed by atoms with E-state index in [0.29, 0.717) is 34.2 Å². The molecule has 1 unspecified atom stereocenters. The molecule has 33 heavy (non-hydrogen) atoms. The van der Waals surface area contributed by atoms with Crippen LogP contribution < -0.4 is 21.5 Å². The number of aliphatic imine (C=N–C) groups is 1. The number of rotatable bonds is 8. The van der Waals surface area contributed by atoms with Crippen molar-refractivity contribution in [3.63, 3.8) is 0 Å². The van der Waals surface area contributed by atoms with Crippen molar-refractivity contribution in [2.24, 2.45) is 16.5 Å². The van der Waals surface area contributed by atoms with Gasteiger partial charge in [-0.25, -0.2) is 0 Å². The predicted molar refractivity (Wildman–Crippen MR) is 127 cm³/mol. The van der Waals surface area contributed by atoms with Crippen molar-refractivity contribution in [3.8, 4) is 11.5 Å². The fourth-order valence-corrected chi connectivity index (χ4v) is 3.05. The summed E-state index contributed by atoms with van der Waals surface area (Å²) in [7, 11) is 0. The Labute approximate surface area is 195 Å². The highest BCUT2D eigenvalue weighted by molar-refractivity contribution is 6.30. The monoisotopic (exact) mass is 466 g/mol. The minimum Gasteiger partial charge on any atom is -0.480 e. The zero-order valence-electron chi connectivity index (χ0n) is 17.6. The number of carbonyl (C=O) groups is 2. The van der Waals surface area contributed by atoms with Gasteiger partial charge in [-0.15, -0.1) is 0 Å². The number of hydrogen-bond acceptors (Lipinski definition) is 4. The minimum atomic E-state index is -1.08. The highest BCUT2D eigenvalue weighted by Crippen LogP contribution is 2.24. The summed E-state index contributed by atoms with van der Waals surface area (Å²) < 4.78 is 5.75. The van der Waals surface area contributed by atoms with Gasteiger partial charge in [-0.2, -0.15) is 4.99 Å². The molecule has 0 radical (unpaired) electrons. The van der Waals surface area contributed by atoms with Crippen LogP contribution in [0.15, 0.2) is 77.8 Å². The van der Waals surface area contributed by atoms with E-state index in [4.69, 9.17) is 32.9 Å². The molecule has 0 aliphatic rings. The molecule has 9 heteroatoms. The molecular weight excluding hydrogens is 444 g/mol. The van der Waals surface area contributed by atoms with Crippen molar-refractivity contribution in [2.45, 2.75) is 19.0 Å². The lowest BCUT2D eigenvalue weighted by Crippen LogP contribution is -2.32. The Bertz CT molecular complexity index is 1150. The molecule has 0 bridgehead atoms. The number of nitrogens with two attached hydrogens (primary N) is 2. The number of halogens is 1. The Morgan fingerprint density at radius 1 is 1.00 bits per heavy atom. The normalized spacial score (nSPS) is 12.1. The molecule has 0 spiro atoms. The lowest BCUT2D eigenvalue weighted by atomic mass is 10.0. The van der Waals surface area contributed by atoms with E-state index in [0.717, 1.165) is 5.56 Å². The fraction of sp³-hybridized carbons (Fsp3) is 0.125. The smallest absolute Gasteiger partial charge is 0.320 e. The van der Waals surface area contributed by atoms with Gasteiger partial charge in [0, 0.05) is 17.1 Å². The van der Waals surface area contributed by atoms with E-state index in [1.54, 1.807) is 36.4 Å². The molecule has 0 aromatic heterocycles. The summed E-state index contributed by atoms with van der Waals surface area (Å²) in [5.41, 5.74) is 13.3. The first-order valence-electron chi connectivity index (χ1n) is 10.0. The number of benzene rings is 3. The van der Waals surface area contributed by atoms with Crippen LogP contribution in [0.3, 0.4) is 0 Å². The second kappa shape index (κ2) is 11.1. The Morgan fingerprint density at radius 2 is 1.67 bits per heavy atom. The van der Waals surface area contributed by atoms with Crippen molar-refractivity contribution in [1.82, 2.24) is 5.32 Å². The van der Waals surface area contributed by atoms with Gasteiger partial charge in [-0.1, -0.05) is 41.9 Å². The van der Waals surface area contributed by atoms with Gasteiger partial charge < -0.3 is 26.6 Å². The second-order valence-corrected chi connectivity index (χ2v) is 7.64. The van der Waals surface area contributed by atoms with E-state index in [9.17, 15) is 9.59 Å². The lowest BCUT2D eigenvalue weighted by molar-refractivity contribution is -0.138. The summed E-state index contributed by atoms with van der Waals surface area (Å²) in [6.45, 7) is 0.367. The van der Waals surface area contributed by atoms with Crippen molar-refractivity contribution < 1.29 is 19.4 Å². The minimum absolute atomic E-state index is 0.0174. The number of amides is 1. The number of carboxylic acid groups (broad SMARTS) is 1. The van der Waals surface area contributed by atoms with E-state index in [2.05, 4.69) is 10.3 Å². The first-order valence-corrected chi connectivity index (χ1v) is 10.4. The Morgan fingerprint density at radius 3 is 2.30 bits per heavy atom. The van der Waals surface area contributed by atoms with Gasteiger partial charge in [0.05, 0.1) is 0 Å². The average molecular weight is 467 g/mol. The summed E-state index contributed by atoms with van der Waals surface area (Å²) in [5, 5.41) is 12.4. The molecule has 8 nitrogen and oxygen atoms in total. The summed E-state index contributed by atoms with van der Waals surface area (Å²) in [5.74, 6) is -0.316. The molecular formula is C24H23ClN4O4. The molecule has 0 saturated carbocycles. The van der Waals surface area contributed by atoms with Crippen LogP contribution in [0.25, 0.3) is 0 Å². The third-order valence-electron chi connectivity index (χ3n) is 4.62. The van der Waals surface area contributed by atoms with Crippen LogP contribution in [-0.4, -0.2) is 29.0 Å². The maximum Gasteiger partial charge on any atom is 0.320 e. The van der Waals surface area contributed by atoms with Gasteiger partial charge in [-0.3, -0.25) is 9.59 Å². The standard InChI is InChI=1S/C24H23ClN4O4/c25-18-2-1-3-20(13-18)33-19-10-6-16(7-11-19)14-28-24(27)29-22(30)17-8-4-15(5-9-17)12-21(26)23(31)32/h1-11,13,21H,12,14,26H2,(H,31,32)(H3,27,28,29,30). The molecule has 0 aliphatic carbocycles. The van der Waals surface area contributed by atoms with E-state index in [1.807, 2.05) is 36.4 Å². The molecule has 0 heterocycles. The maximum absolute atomic E-state index is 12.3. The number of carbonyl (C=O) groups excluding carboxylic acids is 1. The molecule has 0 fully saturated rings. The predicted octanol–water partition coefficient (Wildman–Crippen LogP) is 3.33. The van der Waals surface area contributed by atoms with Crippen LogP contribution in [-0.2, 0) is 17.8 Å². The van der Waals surface area contributed by atoms with Crippen LogP contribution in [0.4, 0.5) is 0 Å². The number of nitrogens with one attached hydrogen (secondary N) is 1. The molecule has 170 valence electrons. The quantitative estimate of drug-likeness (QED) is 0.295. The van der Waals surface area contributed by atoms with Crippen molar-refractivity contribution in [3.05, 3.63) is 94.5 Å². The first kappa shape index (κ1) is 23.8. The zero-order chi connectivity index (χ0) is 23.8. The van der Waals surface area contributed by atoms with Crippen LogP contribution in [0.2, 0.25) is 5.02 Å². The van der Waals surface area contributed by atoms with Crippen LogP contribution in [0.5, 0.6) is 11.5 Å². The average Bonchev–Trinajstić information content (AvgIpc) is 2.79. The number of nitrogens with zero attached hydrogens (tertiary/aromatic N) is 1. The van der Waals surface area contributed by atoms with Gasteiger partial charge in [-0.05, 0) is 60.0 Å². The van der Waals surface area contributed by atoms with Gasteiger partial charge in [0.2, 0.25) is 0 Å². The summed E-state index contributed by atoms with van der Waals surface area (Å²) in [6.07, 6.45) is 0.166. The van der Waals surface area contributed by atoms with Gasteiger partial charge in [0.25, 0.3) is 5.91 Å². The summed E-state index contributed by atoms with van der Waals surface area (Å²) in [6, 6.07) is 19.9. The van der Waals surface area contributed by atoms with Crippen LogP contribution in [0, 0.1) is 0 Å². The molecule has 1 amide bonds. The first-order chi connectivity index (χ1) is 15.8. The number of guanidine groups is 1. The molecule has 3 aromatic carbocycles. The Kier molecular flexibility index (Phi) is 8.01. The summed E-state index contributed by atoms with van der Waals surface area (Å²) >= 11 is 5.96. The van der Waals surface area contributed by atoms with Crippen LogP contribution in [0.1, 0.15) is 21.5 Å². The number of carboxylic acids is 1. The fourth-order valence-electron chi connectivity index (χ4n) is 2.87. The maximum atomic E-state index is 12.3. The van der Waals surface area contributed by atoms with Gasteiger partial charge in [0.15, 0.2) is 5.96 Å². The molecule has 3 rings (SSSR count). The number of ether oxygens (including phenoxy) is 1. The highest BCUT2D eigenvalue weighted by atomic mass is 35.5. The SMILES string of the molecule is NC(=NC(=O)c1ccc(CC(N)C(=O)O)cc1)NCc1ccc(Oc2cccc(Cl)c2)cc1. The van der Waals surface area contributed by atoms with E-state index >= 15 is 0 Å². The third-order valence-corrected chi connectivity index (χ3v) is 4.86. The van der Waals surface area contributed by atoms with Crippen molar-refractivity contribution >= 4 is 29.4 Å². The topological polar surface area (TPSA) is 140 Å².